The Bertz CT molecular complexity index is 717. The summed E-state index contributed by atoms with van der Waals surface area (Å²) in [4.78, 5) is 17.2. The van der Waals surface area contributed by atoms with E-state index in [0.29, 0.717) is 18.8 Å². The number of aromatic nitrogens is 1. The number of pyridine rings is 1. The average molecular weight is 344 g/mol. The normalized spacial score (nSPS) is 13.4. The second kappa shape index (κ2) is 8.81. The summed E-state index contributed by atoms with van der Waals surface area (Å²) in [6.07, 6.45) is 5.56. The molecule has 0 bridgehead atoms. The molecule has 0 fully saturated rings. The Labute approximate surface area is 149 Å². The number of carbonyl (C=O) groups is 1. The maximum atomic E-state index is 12.8. The molecule has 1 N–H and O–H groups in total. The number of rotatable bonds is 9. The molecule has 1 aromatic carbocycles. The van der Waals surface area contributed by atoms with Gasteiger partial charge in [-0.05, 0) is 44.5 Å². The number of anilines is 1. The van der Waals surface area contributed by atoms with Crippen molar-refractivity contribution in [3.8, 4) is 5.75 Å². The SMILES string of the molecule is CCCCCC(C)(OC)C(=O)Nc1ccc(OCC)c2ncccc12. The van der Waals surface area contributed by atoms with Crippen molar-refractivity contribution in [2.75, 3.05) is 19.0 Å². The minimum atomic E-state index is -0.845. The van der Waals surface area contributed by atoms with Gasteiger partial charge in [0.15, 0.2) is 0 Å². The summed E-state index contributed by atoms with van der Waals surface area (Å²) in [5, 5.41) is 3.87. The van der Waals surface area contributed by atoms with Crippen LogP contribution >= 0.6 is 0 Å². The molecule has 2 rings (SSSR count). The fraction of sp³-hybridized carbons (Fsp3) is 0.500. The minimum Gasteiger partial charge on any atom is -0.492 e. The van der Waals surface area contributed by atoms with E-state index >= 15 is 0 Å². The number of nitrogens with zero attached hydrogens (tertiary/aromatic N) is 1. The molecule has 1 aromatic heterocycles. The van der Waals surface area contributed by atoms with Crippen LogP contribution in [0.25, 0.3) is 10.9 Å². The molecule has 0 aliphatic heterocycles. The van der Waals surface area contributed by atoms with Crippen LogP contribution in [0, 0.1) is 0 Å². The van der Waals surface area contributed by atoms with Gasteiger partial charge in [-0.15, -0.1) is 0 Å². The van der Waals surface area contributed by atoms with E-state index < -0.39 is 5.60 Å². The second-order valence-corrected chi connectivity index (χ2v) is 6.29. The molecule has 2 aromatic rings. The summed E-state index contributed by atoms with van der Waals surface area (Å²) in [7, 11) is 1.59. The van der Waals surface area contributed by atoms with Crippen LogP contribution in [-0.4, -0.2) is 30.2 Å². The Balaban J connectivity index is 2.27. The van der Waals surface area contributed by atoms with Crippen LogP contribution in [0.3, 0.4) is 0 Å². The molecule has 1 amide bonds. The molecule has 1 heterocycles. The highest BCUT2D eigenvalue weighted by atomic mass is 16.5. The number of nitrogens with one attached hydrogen (secondary N) is 1. The molecular weight excluding hydrogens is 316 g/mol. The van der Waals surface area contributed by atoms with Gasteiger partial charge in [-0.1, -0.05) is 26.2 Å². The summed E-state index contributed by atoms with van der Waals surface area (Å²) < 4.78 is 11.2. The van der Waals surface area contributed by atoms with E-state index in [9.17, 15) is 4.79 Å². The lowest BCUT2D eigenvalue weighted by Gasteiger charge is -2.27. The van der Waals surface area contributed by atoms with Gasteiger partial charge in [0, 0.05) is 18.7 Å². The highest BCUT2D eigenvalue weighted by Crippen LogP contribution is 2.31. The number of unbranched alkanes of at least 4 members (excludes halogenated alkanes) is 2. The quantitative estimate of drug-likeness (QED) is 0.678. The number of ether oxygens (including phenoxy) is 2. The van der Waals surface area contributed by atoms with E-state index in [4.69, 9.17) is 9.47 Å². The monoisotopic (exact) mass is 344 g/mol. The van der Waals surface area contributed by atoms with E-state index in [1.54, 1.807) is 13.3 Å². The third kappa shape index (κ3) is 4.48. The van der Waals surface area contributed by atoms with Crippen molar-refractivity contribution in [2.24, 2.45) is 0 Å². The first-order chi connectivity index (χ1) is 12.1. The predicted molar refractivity (Wildman–Crippen MR) is 101 cm³/mol. The molecule has 0 saturated carbocycles. The minimum absolute atomic E-state index is 0.139. The van der Waals surface area contributed by atoms with Crippen molar-refractivity contribution in [1.82, 2.24) is 4.98 Å². The first kappa shape index (κ1) is 19.2. The summed E-state index contributed by atoms with van der Waals surface area (Å²) in [5.41, 5.74) is 0.616. The van der Waals surface area contributed by atoms with Gasteiger partial charge >= 0.3 is 0 Å². The molecule has 136 valence electrons. The summed E-state index contributed by atoms with van der Waals surface area (Å²) in [6, 6.07) is 7.48. The molecule has 0 saturated heterocycles. The lowest BCUT2D eigenvalue weighted by atomic mass is 9.96. The Hall–Kier alpha value is -2.14. The van der Waals surface area contributed by atoms with E-state index in [0.717, 1.165) is 35.9 Å². The van der Waals surface area contributed by atoms with Gasteiger partial charge in [0.1, 0.15) is 16.9 Å². The fourth-order valence-corrected chi connectivity index (χ4v) is 2.80. The molecule has 1 atom stereocenters. The molecule has 0 spiro atoms. The summed E-state index contributed by atoms with van der Waals surface area (Å²) >= 11 is 0. The standard InChI is InChI=1S/C20H28N2O3/c1-5-7-8-13-20(3,24-4)19(23)22-16-11-12-17(25-6-2)18-15(16)10-9-14-21-18/h9-12,14H,5-8,13H2,1-4H3,(H,22,23). The van der Waals surface area contributed by atoms with Crippen molar-refractivity contribution in [3.05, 3.63) is 30.5 Å². The van der Waals surface area contributed by atoms with Crippen molar-refractivity contribution in [2.45, 2.75) is 52.1 Å². The zero-order chi connectivity index (χ0) is 18.3. The summed E-state index contributed by atoms with van der Waals surface area (Å²) in [5.74, 6) is 0.578. The number of carbonyl (C=O) groups excluding carboxylic acids is 1. The smallest absolute Gasteiger partial charge is 0.256 e. The zero-order valence-electron chi connectivity index (χ0n) is 15.6. The number of hydrogen-bond acceptors (Lipinski definition) is 4. The van der Waals surface area contributed by atoms with Gasteiger partial charge in [0.05, 0.1) is 12.3 Å². The lowest BCUT2D eigenvalue weighted by molar-refractivity contribution is -0.136. The first-order valence-electron chi connectivity index (χ1n) is 8.92. The number of methoxy groups -OCH3 is 1. The van der Waals surface area contributed by atoms with Crippen LogP contribution in [0.2, 0.25) is 0 Å². The van der Waals surface area contributed by atoms with E-state index in [2.05, 4.69) is 17.2 Å². The Morgan fingerprint density at radius 1 is 1.24 bits per heavy atom. The summed E-state index contributed by atoms with van der Waals surface area (Å²) in [6.45, 7) is 6.48. The number of amides is 1. The molecule has 25 heavy (non-hydrogen) atoms. The van der Waals surface area contributed by atoms with Gasteiger partial charge in [-0.25, -0.2) is 0 Å². The van der Waals surface area contributed by atoms with E-state index in [-0.39, 0.29) is 5.91 Å². The third-order valence-electron chi connectivity index (χ3n) is 4.47. The highest BCUT2D eigenvalue weighted by Gasteiger charge is 2.32. The maximum absolute atomic E-state index is 12.8. The zero-order valence-corrected chi connectivity index (χ0v) is 15.6. The van der Waals surface area contributed by atoms with E-state index in [1.165, 1.54) is 0 Å². The molecule has 5 heteroatoms. The van der Waals surface area contributed by atoms with Gasteiger partial charge in [-0.2, -0.15) is 0 Å². The van der Waals surface area contributed by atoms with Crippen LogP contribution < -0.4 is 10.1 Å². The maximum Gasteiger partial charge on any atom is 0.256 e. The fourth-order valence-electron chi connectivity index (χ4n) is 2.80. The topological polar surface area (TPSA) is 60.5 Å². The van der Waals surface area contributed by atoms with Crippen molar-refractivity contribution < 1.29 is 14.3 Å². The first-order valence-corrected chi connectivity index (χ1v) is 8.92. The molecule has 5 nitrogen and oxygen atoms in total. The third-order valence-corrected chi connectivity index (χ3v) is 4.47. The molecule has 0 aliphatic rings. The average Bonchev–Trinajstić information content (AvgIpc) is 2.63. The Kier molecular flexibility index (Phi) is 6.76. The van der Waals surface area contributed by atoms with Crippen molar-refractivity contribution >= 4 is 22.5 Å². The highest BCUT2D eigenvalue weighted by molar-refractivity contribution is 6.05. The van der Waals surface area contributed by atoms with Gasteiger partial charge in [0.2, 0.25) is 0 Å². The predicted octanol–water partition coefficient (Wildman–Crippen LogP) is 4.56. The van der Waals surface area contributed by atoms with Crippen molar-refractivity contribution in [1.29, 1.82) is 0 Å². The molecule has 0 aliphatic carbocycles. The number of benzene rings is 1. The lowest BCUT2D eigenvalue weighted by Crippen LogP contribution is -2.42. The number of hydrogen-bond donors (Lipinski definition) is 1. The van der Waals surface area contributed by atoms with Crippen LogP contribution in [-0.2, 0) is 9.53 Å². The van der Waals surface area contributed by atoms with Gasteiger partial charge < -0.3 is 14.8 Å². The Morgan fingerprint density at radius 2 is 2.04 bits per heavy atom. The molecular formula is C20H28N2O3. The van der Waals surface area contributed by atoms with E-state index in [1.807, 2.05) is 38.1 Å². The van der Waals surface area contributed by atoms with Gasteiger partial charge in [-0.3, -0.25) is 9.78 Å². The van der Waals surface area contributed by atoms with Crippen LogP contribution in [0.5, 0.6) is 5.75 Å². The van der Waals surface area contributed by atoms with Crippen LogP contribution in [0.15, 0.2) is 30.5 Å². The van der Waals surface area contributed by atoms with Gasteiger partial charge in [0.25, 0.3) is 5.91 Å². The van der Waals surface area contributed by atoms with Crippen LogP contribution in [0.1, 0.15) is 46.5 Å². The van der Waals surface area contributed by atoms with Crippen LogP contribution in [0.4, 0.5) is 5.69 Å². The largest absolute Gasteiger partial charge is 0.492 e. The van der Waals surface area contributed by atoms with Crippen molar-refractivity contribution in [3.63, 3.8) is 0 Å². The number of fused-ring (bicyclic) bond motifs is 1. The molecule has 0 radical (unpaired) electrons. The molecule has 1 unspecified atom stereocenters. The Morgan fingerprint density at radius 3 is 2.72 bits per heavy atom. The second-order valence-electron chi connectivity index (χ2n) is 6.29.